The number of rotatable bonds is 4. The van der Waals surface area contributed by atoms with E-state index in [4.69, 9.17) is 5.73 Å². The highest BCUT2D eigenvalue weighted by molar-refractivity contribution is 7.99. The normalized spacial score (nSPS) is 10.4. The predicted octanol–water partition coefficient (Wildman–Crippen LogP) is 3.18. The number of aromatic hydroxyl groups is 1. The Labute approximate surface area is 89.5 Å². The number of hydrogen-bond donors (Lipinski definition) is 2. The molecule has 0 bridgehead atoms. The first-order valence-corrected chi connectivity index (χ1v) is 5.85. The summed E-state index contributed by atoms with van der Waals surface area (Å²) in [5.74, 6) is 1.27. The van der Waals surface area contributed by atoms with E-state index in [1.807, 2.05) is 13.0 Å². The second-order valence-electron chi connectivity index (χ2n) is 3.40. The Bertz CT molecular complexity index is 312. The van der Waals surface area contributed by atoms with Crippen LogP contribution >= 0.6 is 11.8 Å². The van der Waals surface area contributed by atoms with Crippen molar-refractivity contribution in [1.82, 2.24) is 0 Å². The zero-order valence-corrected chi connectivity index (χ0v) is 9.53. The molecule has 0 aliphatic carbocycles. The summed E-state index contributed by atoms with van der Waals surface area (Å²) in [6.07, 6.45) is 2.34. The van der Waals surface area contributed by atoms with Gasteiger partial charge in [-0.1, -0.05) is 13.3 Å². The number of nitrogen functional groups attached to an aromatic ring is 1. The third kappa shape index (κ3) is 2.84. The average molecular weight is 211 g/mol. The van der Waals surface area contributed by atoms with Crippen molar-refractivity contribution in [2.75, 3.05) is 11.5 Å². The van der Waals surface area contributed by atoms with Crippen LogP contribution in [0.3, 0.4) is 0 Å². The van der Waals surface area contributed by atoms with E-state index in [2.05, 4.69) is 6.92 Å². The molecule has 14 heavy (non-hydrogen) atoms. The Kier molecular flexibility index (Phi) is 4.14. The molecule has 0 aliphatic heterocycles. The first kappa shape index (κ1) is 11.2. The molecular weight excluding hydrogens is 194 g/mol. The van der Waals surface area contributed by atoms with Gasteiger partial charge < -0.3 is 10.8 Å². The average Bonchev–Trinajstić information content (AvgIpc) is 2.13. The minimum atomic E-state index is 0.233. The van der Waals surface area contributed by atoms with Crippen LogP contribution in [0.2, 0.25) is 0 Å². The van der Waals surface area contributed by atoms with Gasteiger partial charge in [-0.05, 0) is 36.8 Å². The van der Waals surface area contributed by atoms with Crippen LogP contribution in [0.25, 0.3) is 0 Å². The topological polar surface area (TPSA) is 46.2 Å². The number of nitrogens with two attached hydrogens (primary N) is 1. The maximum absolute atomic E-state index is 9.68. The van der Waals surface area contributed by atoms with E-state index in [-0.39, 0.29) is 5.75 Å². The summed E-state index contributed by atoms with van der Waals surface area (Å²) < 4.78 is 0. The number of benzene rings is 1. The molecule has 0 spiro atoms. The van der Waals surface area contributed by atoms with Crippen molar-refractivity contribution in [2.45, 2.75) is 31.6 Å². The number of hydrogen-bond acceptors (Lipinski definition) is 3. The third-order valence-corrected chi connectivity index (χ3v) is 3.12. The number of phenols is 1. The molecule has 2 nitrogen and oxygen atoms in total. The van der Waals surface area contributed by atoms with Crippen molar-refractivity contribution in [1.29, 1.82) is 0 Å². The first-order chi connectivity index (χ1) is 6.65. The van der Waals surface area contributed by atoms with Gasteiger partial charge in [0, 0.05) is 0 Å². The first-order valence-electron chi connectivity index (χ1n) is 4.87. The fraction of sp³-hybridized carbons (Fsp3) is 0.455. The van der Waals surface area contributed by atoms with Crippen LogP contribution < -0.4 is 5.73 Å². The maximum atomic E-state index is 9.68. The number of thioether (sulfide) groups is 1. The van der Waals surface area contributed by atoms with Gasteiger partial charge in [-0.2, -0.15) is 0 Å². The summed E-state index contributed by atoms with van der Waals surface area (Å²) >= 11 is 1.67. The molecule has 78 valence electrons. The Hall–Kier alpha value is -0.830. The van der Waals surface area contributed by atoms with Gasteiger partial charge in [-0.25, -0.2) is 0 Å². The number of unbranched alkanes of at least 4 members (excludes halogenated alkanes) is 1. The molecule has 1 aromatic carbocycles. The van der Waals surface area contributed by atoms with Gasteiger partial charge in [-0.15, -0.1) is 11.8 Å². The van der Waals surface area contributed by atoms with Gasteiger partial charge >= 0.3 is 0 Å². The Morgan fingerprint density at radius 2 is 2.14 bits per heavy atom. The van der Waals surface area contributed by atoms with Crippen LogP contribution in [0, 0.1) is 6.92 Å². The second-order valence-corrected chi connectivity index (χ2v) is 4.54. The largest absolute Gasteiger partial charge is 0.505 e. The van der Waals surface area contributed by atoms with Crippen molar-refractivity contribution in [3.05, 3.63) is 17.7 Å². The molecule has 3 N–H and O–H groups in total. The van der Waals surface area contributed by atoms with Gasteiger partial charge in [0.25, 0.3) is 0 Å². The summed E-state index contributed by atoms with van der Waals surface area (Å²) in [6, 6.07) is 3.77. The van der Waals surface area contributed by atoms with Crippen LogP contribution in [-0.4, -0.2) is 10.9 Å². The van der Waals surface area contributed by atoms with Gasteiger partial charge in [0.1, 0.15) is 0 Å². The van der Waals surface area contributed by atoms with Gasteiger partial charge in [0.15, 0.2) is 5.75 Å². The highest BCUT2D eigenvalue weighted by atomic mass is 32.2. The molecule has 0 saturated carbocycles. The lowest BCUT2D eigenvalue weighted by molar-refractivity contribution is 0.465. The highest BCUT2D eigenvalue weighted by Crippen LogP contribution is 2.34. The van der Waals surface area contributed by atoms with Crippen molar-refractivity contribution in [3.63, 3.8) is 0 Å². The van der Waals surface area contributed by atoms with Gasteiger partial charge in [-0.3, -0.25) is 0 Å². The second kappa shape index (κ2) is 5.15. The van der Waals surface area contributed by atoms with E-state index in [9.17, 15) is 5.11 Å². The Morgan fingerprint density at radius 1 is 1.43 bits per heavy atom. The molecule has 0 aromatic heterocycles. The fourth-order valence-corrected chi connectivity index (χ4v) is 2.39. The molecule has 1 aromatic rings. The van der Waals surface area contributed by atoms with E-state index < -0.39 is 0 Å². The fourth-order valence-electron chi connectivity index (χ4n) is 1.21. The highest BCUT2D eigenvalue weighted by Gasteiger charge is 2.05. The Balaban J connectivity index is 2.75. The Morgan fingerprint density at radius 3 is 2.79 bits per heavy atom. The smallest absolute Gasteiger partial charge is 0.152 e. The summed E-state index contributed by atoms with van der Waals surface area (Å²) in [7, 11) is 0. The minimum Gasteiger partial charge on any atom is -0.505 e. The number of phenolic OH excluding ortho intramolecular Hbond substituents is 1. The quantitative estimate of drug-likeness (QED) is 0.348. The molecule has 0 saturated heterocycles. The molecule has 0 radical (unpaired) electrons. The summed E-state index contributed by atoms with van der Waals surface area (Å²) in [6.45, 7) is 4.14. The van der Waals surface area contributed by atoms with E-state index >= 15 is 0 Å². The van der Waals surface area contributed by atoms with Gasteiger partial charge in [0.05, 0.1) is 10.6 Å². The third-order valence-electron chi connectivity index (χ3n) is 2.00. The predicted molar refractivity (Wildman–Crippen MR) is 62.9 cm³/mol. The summed E-state index contributed by atoms with van der Waals surface area (Å²) in [5.41, 5.74) is 7.23. The minimum absolute atomic E-state index is 0.233. The zero-order chi connectivity index (χ0) is 10.6. The van der Waals surface area contributed by atoms with Crippen LogP contribution in [0.15, 0.2) is 17.0 Å². The van der Waals surface area contributed by atoms with Gasteiger partial charge in [0.2, 0.25) is 0 Å². The molecule has 0 aliphatic rings. The van der Waals surface area contributed by atoms with Crippen LogP contribution in [0.1, 0.15) is 25.3 Å². The number of anilines is 1. The molecule has 0 amide bonds. The monoisotopic (exact) mass is 211 g/mol. The van der Waals surface area contributed by atoms with Crippen molar-refractivity contribution >= 4 is 17.4 Å². The maximum Gasteiger partial charge on any atom is 0.152 e. The SMILES string of the molecule is CCCCSc1cc(C)cc(N)c1O. The van der Waals surface area contributed by atoms with Crippen molar-refractivity contribution < 1.29 is 5.11 Å². The molecule has 3 heteroatoms. The lowest BCUT2D eigenvalue weighted by Gasteiger charge is -2.07. The van der Waals surface area contributed by atoms with Crippen LogP contribution in [0.5, 0.6) is 5.75 Å². The molecule has 0 unspecified atom stereocenters. The molecular formula is C11H17NOS. The summed E-state index contributed by atoms with van der Waals surface area (Å²) in [5, 5.41) is 9.68. The van der Waals surface area contributed by atoms with E-state index in [0.29, 0.717) is 5.69 Å². The van der Waals surface area contributed by atoms with Crippen molar-refractivity contribution in [2.24, 2.45) is 0 Å². The lowest BCUT2D eigenvalue weighted by Crippen LogP contribution is -1.89. The van der Waals surface area contributed by atoms with Crippen LogP contribution in [0.4, 0.5) is 5.69 Å². The number of aryl methyl sites for hydroxylation is 1. The van der Waals surface area contributed by atoms with E-state index in [0.717, 1.165) is 22.6 Å². The zero-order valence-electron chi connectivity index (χ0n) is 8.71. The van der Waals surface area contributed by atoms with E-state index in [1.165, 1.54) is 6.42 Å². The standard InChI is InChI=1S/C11H17NOS/c1-3-4-5-14-10-7-8(2)6-9(12)11(10)13/h6-7,13H,3-5,12H2,1-2H3. The summed E-state index contributed by atoms with van der Waals surface area (Å²) in [4.78, 5) is 0.899. The van der Waals surface area contributed by atoms with E-state index in [1.54, 1.807) is 17.8 Å². The molecule has 0 heterocycles. The molecule has 0 fully saturated rings. The van der Waals surface area contributed by atoms with Crippen molar-refractivity contribution in [3.8, 4) is 5.75 Å². The molecule has 0 atom stereocenters. The lowest BCUT2D eigenvalue weighted by atomic mass is 10.2. The van der Waals surface area contributed by atoms with Crippen LogP contribution in [-0.2, 0) is 0 Å². The molecule has 1 rings (SSSR count).